The monoisotopic (exact) mass is 202 g/mol. The fourth-order valence-electron chi connectivity index (χ4n) is 1.81. The minimum atomic E-state index is -0.812. The highest BCUT2D eigenvalue weighted by molar-refractivity contribution is 5.70. The van der Waals surface area contributed by atoms with Gasteiger partial charge < -0.3 is 14.9 Å². The van der Waals surface area contributed by atoms with Gasteiger partial charge in [-0.05, 0) is 33.1 Å². The smallest absolute Gasteiger partial charge is 0.308 e. The first-order valence-electron chi connectivity index (χ1n) is 5.07. The molecule has 1 aliphatic heterocycles. The number of aliphatic carboxylic acids is 1. The number of carboxylic acid groups (broad SMARTS) is 1. The van der Waals surface area contributed by atoms with Crippen LogP contribution in [0.4, 0.5) is 0 Å². The number of aliphatic hydroxyl groups excluding tert-OH is 1. The number of carbonyl (C=O) groups is 1. The first-order valence-corrected chi connectivity index (χ1v) is 5.07. The zero-order chi connectivity index (χ0) is 10.7. The molecule has 1 heterocycles. The summed E-state index contributed by atoms with van der Waals surface area (Å²) in [5, 5.41) is 17.9. The third-order valence-electron chi connectivity index (χ3n) is 2.69. The van der Waals surface area contributed by atoms with Crippen molar-refractivity contribution < 1.29 is 19.7 Å². The van der Waals surface area contributed by atoms with Crippen LogP contribution in [0.5, 0.6) is 0 Å². The molecule has 0 amide bonds. The van der Waals surface area contributed by atoms with E-state index in [1.54, 1.807) is 13.8 Å². The van der Waals surface area contributed by atoms with Gasteiger partial charge in [0.25, 0.3) is 0 Å². The van der Waals surface area contributed by atoms with Gasteiger partial charge in [-0.1, -0.05) is 0 Å². The highest BCUT2D eigenvalue weighted by atomic mass is 16.5. The van der Waals surface area contributed by atoms with Gasteiger partial charge in [0.15, 0.2) is 0 Å². The lowest BCUT2D eigenvalue weighted by molar-refractivity contribution is -0.146. The molecule has 4 nitrogen and oxygen atoms in total. The Kier molecular flexibility index (Phi) is 3.89. The van der Waals surface area contributed by atoms with Crippen molar-refractivity contribution in [1.29, 1.82) is 0 Å². The average molecular weight is 202 g/mol. The summed E-state index contributed by atoms with van der Waals surface area (Å²) in [6.07, 6.45) is 1.71. The van der Waals surface area contributed by atoms with Crippen LogP contribution in [-0.4, -0.2) is 34.5 Å². The summed E-state index contributed by atoms with van der Waals surface area (Å²) in [7, 11) is 0. The van der Waals surface area contributed by atoms with Crippen molar-refractivity contribution in [2.24, 2.45) is 5.92 Å². The van der Waals surface area contributed by atoms with Gasteiger partial charge >= 0.3 is 5.97 Å². The number of aliphatic hydroxyl groups is 1. The van der Waals surface area contributed by atoms with Gasteiger partial charge in [0.2, 0.25) is 0 Å². The molecular formula is C10H18O4. The van der Waals surface area contributed by atoms with E-state index in [1.165, 1.54) is 0 Å². The van der Waals surface area contributed by atoms with Gasteiger partial charge in [0.05, 0.1) is 24.2 Å². The second-order valence-corrected chi connectivity index (χ2v) is 4.09. The topological polar surface area (TPSA) is 66.8 Å². The van der Waals surface area contributed by atoms with Crippen molar-refractivity contribution in [3.8, 4) is 0 Å². The second kappa shape index (κ2) is 4.75. The van der Waals surface area contributed by atoms with Crippen molar-refractivity contribution in [1.82, 2.24) is 0 Å². The van der Waals surface area contributed by atoms with E-state index in [0.29, 0.717) is 6.42 Å². The van der Waals surface area contributed by atoms with E-state index < -0.39 is 11.9 Å². The molecular weight excluding hydrogens is 184 g/mol. The van der Waals surface area contributed by atoms with Crippen LogP contribution in [0.25, 0.3) is 0 Å². The Morgan fingerprint density at radius 2 is 2.14 bits per heavy atom. The summed E-state index contributed by atoms with van der Waals surface area (Å²) in [6.45, 7) is 3.38. The van der Waals surface area contributed by atoms with Crippen LogP contribution >= 0.6 is 0 Å². The van der Waals surface area contributed by atoms with Gasteiger partial charge in [-0.2, -0.15) is 0 Å². The fraction of sp³-hybridized carbons (Fsp3) is 0.900. The van der Waals surface area contributed by atoms with Crippen molar-refractivity contribution in [2.45, 2.75) is 51.4 Å². The SMILES string of the molecule is C[C@H](C(=O)O)[C@H]1CC[C@@H](C[C@@H](C)O)O1. The molecule has 0 unspecified atom stereocenters. The summed E-state index contributed by atoms with van der Waals surface area (Å²) < 4.78 is 5.55. The molecule has 1 aliphatic rings. The number of rotatable bonds is 4. The van der Waals surface area contributed by atoms with E-state index in [-0.39, 0.29) is 18.3 Å². The average Bonchev–Trinajstić information content (AvgIpc) is 2.50. The summed E-state index contributed by atoms with van der Waals surface area (Å²) in [5.41, 5.74) is 0. The Morgan fingerprint density at radius 3 is 2.64 bits per heavy atom. The first-order chi connectivity index (χ1) is 6.50. The zero-order valence-corrected chi connectivity index (χ0v) is 8.64. The maximum Gasteiger partial charge on any atom is 0.308 e. The Labute approximate surface area is 83.9 Å². The Balaban J connectivity index is 2.37. The molecule has 1 fully saturated rings. The summed E-state index contributed by atoms with van der Waals surface area (Å²) >= 11 is 0. The predicted octanol–water partition coefficient (Wildman–Crippen LogP) is 1.03. The van der Waals surface area contributed by atoms with E-state index in [1.807, 2.05) is 0 Å². The van der Waals surface area contributed by atoms with Crippen LogP contribution in [0.2, 0.25) is 0 Å². The molecule has 0 aliphatic carbocycles. The third kappa shape index (κ3) is 2.96. The molecule has 0 saturated carbocycles. The molecule has 4 atom stereocenters. The fourth-order valence-corrected chi connectivity index (χ4v) is 1.81. The molecule has 0 aromatic rings. The molecule has 2 N–H and O–H groups in total. The molecule has 1 saturated heterocycles. The molecule has 82 valence electrons. The number of ether oxygens (including phenoxy) is 1. The van der Waals surface area contributed by atoms with Gasteiger partial charge in [-0.25, -0.2) is 0 Å². The Hall–Kier alpha value is -0.610. The molecule has 14 heavy (non-hydrogen) atoms. The minimum Gasteiger partial charge on any atom is -0.481 e. The minimum absolute atomic E-state index is 0.0294. The van der Waals surface area contributed by atoms with Gasteiger partial charge in [-0.15, -0.1) is 0 Å². The molecule has 4 heteroatoms. The van der Waals surface area contributed by atoms with E-state index in [0.717, 1.165) is 12.8 Å². The first kappa shape index (κ1) is 11.5. The summed E-state index contributed by atoms with van der Waals surface area (Å²) in [6, 6.07) is 0. The number of hydrogen-bond donors (Lipinski definition) is 2. The highest BCUT2D eigenvalue weighted by Crippen LogP contribution is 2.27. The van der Waals surface area contributed by atoms with Crippen LogP contribution in [0.15, 0.2) is 0 Å². The van der Waals surface area contributed by atoms with Gasteiger partial charge in [-0.3, -0.25) is 4.79 Å². The van der Waals surface area contributed by atoms with Crippen molar-refractivity contribution >= 4 is 5.97 Å². The van der Waals surface area contributed by atoms with E-state index >= 15 is 0 Å². The Morgan fingerprint density at radius 1 is 1.50 bits per heavy atom. The molecule has 0 bridgehead atoms. The number of hydrogen-bond acceptors (Lipinski definition) is 3. The van der Waals surface area contributed by atoms with Gasteiger partial charge in [0.1, 0.15) is 0 Å². The zero-order valence-electron chi connectivity index (χ0n) is 8.64. The van der Waals surface area contributed by atoms with Crippen LogP contribution < -0.4 is 0 Å². The summed E-state index contributed by atoms with van der Waals surface area (Å²) in [5.74, 6) is -1.26. The maximum atomic E-state index is 10.7. The largest absolute Gasteiger partial charge is 0.481 e. The lowest BCUT2D eigenvalue weighted by Gasteiger charge is -2.17. The molecule has 0 aromatic heterocycles. The van der Waals surface area contributed by atoms with Crippen LogP contribution in [-0.2, 0) is 9.53 Å². The van der Waals surface area contributed by atoms with Crippen molar-refractivity contribution in [2.75, 3.05) is 0 Å². The van der Waals surface area contributed by atoms with Crippen molar-refractivity contribution in [3.05, 3.63) is 0 Å². The standard InChI is InChI=1S/C10H18O4/c1-6(11)5-8-3-4-9(14-8)7(2)10(12)13/h6-9,11H,3-5H2,1-2H3,(H,12,13)/t6-,7+,8+,9-/m1/s1. The lowest BCUT2D eigenvalue weighted by Crippen LogP contribution is -2.26. The molecule has 0 spiro atoms. The van der Waals surface area contributed by atoms with E-state index in [2.05, 4.69) is 0 Å². The van der Waals surface area contributed by atoms with Crippen LogP contribution in [0.1, 0.15) is 33.1 Å². The maximum absolute atomic E-state index is 10.7. The lowest BCUT2D eigenvalue weighted by atomic mass is 10.0. The summed E-state index contributed by atoms with van der Waals surface area (Å²) in [4.78, 5) is 10.7. The predicted molar refractivity (Wildman–Crippen MR) is 51.0 cm³/mol. The second-order valence-electron chi connectivity index (χ2n) is 4.09. The Bertz CT molecular complexity index is 202. The van der Waals surface area contributed by atoms with E-state index in [9.17, 15) is 4.79 Å². The molecule has 0 radical (unpaired) electrons. The molecule has 1 rings (SSSR count). The van der Waals surface area contributed by atoms with E-state index in [4.69, 9.17) is 14.9 Å². The van der Waals surface area contributed by atoms with Gasteiger partial charge in [0, 0.05) is 0 Å². The normalized spacial score (nSPS) is 31.4. The highest BCUT2D eigenvalue weighted by Gasteiger charge is 2.33. The van der Waals surface area contributed by atoms with Crippen molar-refractivity contribution in [3.63, 3.8) is 0 Å². The van der Waals surface area contributed by atoms with Crippen LogP contribution in [0, 0.1) is 5.92 Å². The molecule has 0 aromatic carbocycles. The quantitative estimate of drug-likeness (QED) is 0.714. The third-order valence-corrected chi connectivity index (χ3v) is 2.69. The van der Waals surface area contributed by atoms with Crippen LogP contribution in [0.3, 0.4) is 0 Å². The number of carboxylic acids is 1.